The van der Waals surface area contributed by atoms with Crippen molar-refractivity contribution in [2.45, 2.75) is 42.0 Å². The number of thioether (sulfide) groups is 1. The molecule has 0 radical (unpaired) electrons. The zero-order valence-corrected chi connectivity index (χ0v) is 26.1. The SMILES string of the molecule is C1=Cc2ccc3c(c2CC1)C1C=C(C2=C4Sc5ccccc5C4CC=C2)C=CC1N3c1nc(-c2ccccc2)c2ccccc2n1. The van der Waals surface area contributed by atoms with E-state index in [4.69, 9.17) is 9.97 Å². The van der Waals surface area contributed by atoms with E-state index in [1.807, 2.05) is 11.8 Å². The van der Waals surface area contributed by atoms with Crippen molar-refractivity contribution in [3.05, 3.63) is 166 Å². The lowest BCUT2D eigenvalue weighted by molar-refractivity contribution is 0.720. The minimum absolute atomic E-state index is 0.100. The van der Waals surface area contributed by atoms with Crippen LogP contribution in [0.5, 0.6) is 0 Å². The highest BCUT2D eigenvalue weighted by Gasteiger charge is 2.42. The zero-order chi connectivity index (χ0) is 30.2. The van der Waals surface area contributed by atoms with Crippen LogP contribution in [0.15, 0.2) is 148 Å². The Hall–Kier alpha value is -4.93. The number of nitrogens with zero attached hydrogens (tertiary/aromatic N) is 3. The van der Waals surface area contributed by atoms with E-state index in [0.717, 1.165) is 47.4 Å². The molecule has 220 valence electrons. The van der Waals surface area contributed by atoms with Crippen molar-refractivity contribution < 1.29 is 0 Å². The maximum Gasteiger partial charge on any atom is 0.231 e. The lowest BCUT2D eigenvalue weighted by atomic mass is 9.80. The fraction of sp³-hybridized carbons (Fsp3) is 0.143. The zero-order valence-electron chi connectivity index (χ0n) is 25.3. The number of benzene rings is 4. The minimum atomic E-state index is 0.100. The average molecular weight is 610 g/mol. The van der Waals surface area contributed by atoms with E-state index in [2.05, 4.69) is 138 Å². The molecule has 5 aromatic rings. The number of para-hydroxylation sites is 1. The van der Waals surface area contributed by atoms with Gasteiger partial charge in [-0.3, -0.25) is 0 Å². The molecule has 3 aliphatic carbocycles. The van der Waals surface area contributed by atoms with Gasteiger partial charge in [0.1, 0.15) is 0 Å². The van der Waals surface area contributed by atoms with Gasteiger partial charge in [-0.2, -0.15) is 0 Å². The normalized spacial score (nSPS) is 22.0. The number of rotatable bonds is 3. The Balaban J connectivity index is 1.15. The molecule has 3 unspecified atom stereocenters. The van der Waals surface area contributed by atoms with E-state index in [9.17, 15) is 0 Å². The third kappa shape index (κ3) is 3.93. The maximum atomic E-state index is 5.35. The fourth-order valence-corrected chi connectivity index (χ4v) is 9.55. The third-order valence-electron chi connectivity index (χ3n) is 10.2. The predicted molar refractivity (Wildman–Crippen MR) is 190 cm³/mol. The van der Waals surface area contributed by atoms with E-state index in [1.165, 1.54) is 48.9 Å². The quantitative estimate of drug-likeness (QED) is 0.204. The largest absolute Gasteiger partial charge is 0.302 e. The molecule has 4 aromatic carbocycles. The molecule has 3 atom stereocenters. The highest BCUT2D eigenvalue weighted by Crippen LogP contribution is 2.56. The number of aromatic nitrogens is 2. The van der Waals surface area contributed by atoms with Gasteiger partial charge >= 0.3 is 0 Å². The fourth-order valence-electron chi connectivity index (χ4n) is 8.18. The van der Waals surface area contributed by atoms with E-state index in [1.54, 1.807) is 0 Å². The first-order valence-corrected chi connectivity index (χ1v) is 17.1. The maximum absolute atomic E-state index is 5.35. The van der Waals surface area contributed by atoms with Crippen molar-refractivity contribution in [1.82, 2.24) is 9.97 Å². The molecule has 10 rings (SSSR count). The van der Waals surface area contributed by atoms with Crippen molar-refractivity contribution in [2.75, 3.05) is 4.90 Å². The van der Waals surface area contributed by atoms with Gasteiger partial charge < -0.3 is 4.90 Å². The first kappa shape index (κ1) is 26.3. The van der Waals surface area contributed by atoms with Gasteiger partial charge in [0.05, 0.1) is 17.3 Å². The summed E-state index contributed by atoms with van der Waals surface area (Å²) >= 11 is 1.97. The van der Waals surface area contributed by atoms with Gasteiger partial charge in [0.25, 0.3) is 0 Å². The van der Waals surface area contributed by atoms with Crippen molar-refractivity contribution in [3.63, 3.8) is 0 Å². The molecular formula is C42H31N3S. The number of hydrogen-bond acceptors (Lipinski definition) is 4. The Kier molecular flexibility index (Phi) is 5.89. The molecule has 0 bridgehead atoms. The van der Waals surface area contributed by atoms with Gasteiger partial charge in [-0.1, -0.05) is 127 Å². The Morgan fingerprint density at radius 1 is 0.783 bits per heavy atom. The summed E-state index contributed by atoms with van der Waals surface area (Å²) in [4.78, 5) is 15.9. The number of allylic oxidation sites excluding steroid dienone is 7. The van der Waals surface area contributed by atoms with Crippen LogP contribution in [0.3, 0.4) is 0 Å². The second kappa shape index (κ2) is 10.3. The minimum Gasteiger partial charge on any atom is -0.302 e. The molecule has 3 heterocycles. The second-order valence-electron chi connectivity index (χ2n) is 12.7. The molecule has 3 nitrogen and oxygen atoms in total. The van der Waals surface area contributed by atoms with Crippen molar-refractivity contribution in [3.8, 4) is 11.3 Å². The molecule has 5 aliphatic rings. The topological polar surface area (TPSA) is 29.0 Å². The Labute approximate surface area is 273 Å². The Morgan fingerprint density at radius 2 is 1.65 bits per heavy atom. The van der Waals surface area contributed by atoms with Gasteiger partial charge in [0, 0.05) is 38.3 Å². The summed E-state index contributed by atoms with van der Waals surface area (Å²) in [7, 11) is 0. The molecule has 2 aliphatic heterocycles. The number of anilines is 2. The third-order valence-corrected chi connectivity index (χ3v) is 11.6. The van der Waals surface area contributed by atoms with Crippen LogP contribution in [0.4, 0.5) is 11.6 Å². The molecule has 0 N–H and O–H groups in total. The van der Waals surface area contributed by atoms with Gasteiger partial charge in [-0.05, 0) is 70.9 Å². The summed E-state index contributed by atoms with van der Waals surface area (Å²) in [6, 6.07) is 32.6. The van der Waals surface area contributed by atoms with E-state index in [0.29, 0.717) is 5.92 Å². The van der Waals surface area contributed by atoms with Crippen molar-refractivity contribution in [1.29, 1.82) is 0 Å². The molecule has 0 spiro atoms. The molecule has 4 heteroatoms. The van der Waals surface area contributed by atoms with Crippen LogP contribution in [-0.4, -0.2) is 16.0 Å². The standard InChI is InChI=1S/C42H31N3S/c1-2-12-27(13-3-1)40-33-16-6-8-19-35(33)43-42(44-40)45-36-23-22-28(25-34(36)39-29-14-5-4-11-26(29)21-24-37(39)45)30-17-10-18-32-31-15-7-9-20-38(31)46-41(30)32/h1-4,6-13,15-17,19-25,32,34,36H,5,14,18H2. The molecule has 1 aromatic heterocycles. The van der Waals surface area contributed by atoms with E-state index >= 15 is 0 Å². The van der Waals surface area contributed by atoms with Gasteiger partial charge in [0.2, 0.25) is 5.95 Å². The van der Waals surface area contributed by atoms with Crippen LogP contribution in [0.1, 0.15) is 46.9 Å². The highest BCUT2D eigenvalue weighted by atomic mass is 32.2. The number of hydrogen-bond donors (Lipinski definition) is 0. The first-order chi connectivity index (χ1) is 22.8. The molecular weight excluding hydrogens is 579 g/mol. The van der Waals surface area contributed by atoms with Crippen LogP contribution in [0.25, 0.3) is 28.2 Å². The summed E-state index contributed by atoms with van der Waals surface area (Å²) in [5.74, 6) is 1.43. The molecule has 0 fully saturated rings. The molecule has 46 heavy (non-hydrogen) atoms. The summed E-state index contributed by atoms with van der Waals surface area (Å²) in [6.07, 6.45) is 19.9. The molecule has 0 amide bonds. The van der Waals surface area contributed by atoms with Crippen LogP contribution in [-0.2, 0) is 6.42 Å². The Bertz CT molecular complexity index is 2240. The van der Waals surface area contributed by atoms with Gasteiger partial charge in [0.15, 0.2) is 0 Å². The number of fused-ring (bicyclic) bond motifs is 9. The van der Waals surface area contributed by atoms with Gasteiger partial charge in [-0.25, -0.2) is 9.97 Å². The van der Waals surface area contributed by atoms with Crippen LogP contribution >= 0.6 is 11.8 Å². The lowest BCUT2D eigenvalue weighted by Gasteiger charge is -2.29. The van der Waals surface area contributed by atoms with Crippen LogP contribution < -0.4 is 4.90 Å². The van der Waals surface area contributed by atoms with Crippen LogP contribution in [0, 0.1) is 0 Å². The Morgan fingerprint density at radius 3 is 2.61 bits per heavy atom. The second-order valence-corrected chi connectivity index (χ2v) is 13.8. The molecule has 0 saturated carbocycles. The first-order valence-electron chi connectivity index (χ1n) is 16.3. The lowest BCUT2D eigenvalue weighted by Crippen LogP contribution is -2.30. The average Bonchev–Trinajstić information content (AvgIpc) is 3.67. The highest BCUT2D eigenvalue weighted by molar-refractivity contribution is 8.03. The predicted octanol–water partition coefficient (Wildman–Crippen LogP) is 10.5. The van der Waals surface area contributed by atoms with Crippen molar-refractivity contribution >= 4 is 40.4 Å². The summed E-state index contributed by atoms with van der Waals surface area (Å²) in [5.41, 5.74) is 12.7. The smallest absolute Gasteiger partial charge is 0.231 e. The van der Waals surface area contributed by atoms with Crippen molar-refractivity contribution in [2.24, 2.45) is 0 Å². The summed E-state index contributed by atoms with van der Waals surface area (Å²) in [5, 5.41) is 1.08. The van der Waals surface area contributed by atoms with Gasteiger partial charge in [-0.15, -0.1) is 0 Å². The van der Waals surface area contributed by atoms with E-state index < -0.39 is 0 Å². The molecule has 0 saturated heterocycles. The van der Waals surface area contributed by atoms with Crippen LogP contribution in [0.2, 0.25) is 0 Å². The monoisotopic (exact) mass is 609 g/mol. The summed E-state index contributed by atoms with van der Waals surface area (Å²) < 4.78 is 0. The van der Waals surface area contributed by atoms with E-state index in [-0.39, 0.29) is 12.0 Å². The summed E-state index contributed by atoms with van der Waals surface area (Å²) in [6.45, 7) is 0.